The van der Waals surface area contributed by atoms with Crippen molar-refractivity contribution in [2.45, 2.75) is 13.2 Å². The highest BCUT2D eigenvalue weighted by Gasteiger charge is 2.19. The molecule has 2 aromatic rings. The van der Waals surface area contributed by atoms with Crippen molar-refractivity contribution in [1.29, 1.82) is 0 Å². The number of anilines is 1. The van der Waals surface area contributed by atoms with Gasteiger partial charge in [0.15, 0.2) is 5.96 Å². The van der Waals surface area contributed by atoms with Crippen molar-refractivity contribution in [1.82, 2.24) is 10.2 Å². The van der Waals surface area contributed by atoms with E-state index in [4.69, 9.17) is 9.47 Å². The van der Waals surface area contributed by atoms with Crippen LogP contribution in [-0.4, -0.2) is 58.3 Å². The summed E-state index contributed by atoms with van der Waals surface area (Å²) in [6.07, 6.45) is 0. The fourth-order valence-electron chi connectivity index (χ4n) is 3.48. The third-order valence-electron chi connectivity index (χ3n) is 4.98. The van der Waals surface area contributed by atoms with Crippen LogP contribution < -0.4 is 15.0 Å². The first-order chi connectivity index (χ1) is 13.7. The Labute approximate surface area is 190 Å². The second kappa shape index (κ2) is 11.9. The van der Waals surface area contributed by atoms with Crippen molar-refractivity contribution < 1.29 is 9.47 Å². The number of aliphatic imine (C=N–C) groups is 1. The first-order valence-corrected chi connectivity index (χ1v) is 9.65. The molecule has 0 aliphatic carbocycles. The lowest BCUT2D eigenvalue weighted by Gasteiger charge is -2.37. The SMILES string of the molecule is CN=C(NCc1cccc(COC)c1)N1CCN(c2ccc(OC)cc2)CC1.I. The molecule has 0 atom stereocenters. The molecule has 1 saturated heterocycles. The van der Waals surface area contributed by atoms with E-state index in [0.29, 0.717) is 6.61 Å². The lowest BCUT2D eigenvalue weighted by molar-refractivity contribution is 0.185. The number of nitrogens with zero attached hydrogens (tertiary/aromatic N) is 3. The van der Waals surface area contributed by atoms with Crippen LogP contribution in [0.1, 0.15) is 11.1 Å². The van der Waals surface area contributed by atoms with Crippen LogP contribution in [0.4, 0.5) is 5.69 Å². The molecule has 1 aliphatic heterocycles. The highest BCUT2D eigenvalue weighted by Crippen LogP contribution is 2.20. The number of ether oxygens (including phenoxy) is 2. The summed E-state index contributed by atoms with van der Waals surface area (Å²) in [6, 6.07) is 16.7. The Hall–Kier alpha value is -2.00. The second-order valence-corrected chi connectivity index (χ2v) is 6.83. The van der Waals surface area contributed by atoms with Gasteiger partial charge < -0.3 is 24.6 Å². The van der Waals surface area contributed by atoms with Gasteiger partial charge in [-0.3, -0.25) is 4.99 Å². The average molecular weight is 510 g/mol. The third kappa shape index (κ3) is 6.50. The monoisotopic (exact) mass is 510 g/mol. The molecule has 0 amide bonds. The zero-order valence-corrected chi connectivity index (χ0v) is 19.8. The predicted molar refractivity (Wildman–Crippen MR) is 130 cm³/mol. The van der Waals surface area contributed by atoms with Crippen molar-refractivity contribution in [2.24, 2.45) is 4.99 Å². The van der Waals surface area contributed by atoms with Crippen molar-refractivity contribution >= 4 is 35.6 Å². The molecule has 0 bridgehead atoms. The van der Waals surface area contributed by atoms with Gasteiger partial charge in [0.1, 0.15) is 5.75 Å². The zero-order chi connectivity index (χ0) is 19.8. The van der Waals surface area contributed by atoms with Crippen molar-refractivity contribution in [3.05, 3.63) is 59.7 Å². The van der Waals surface area contributed by atoms with Gasteiger partial charge in [-0.1, -0.05) is 24.3 Å². The highest BCUT2D eigenvalue weighted by atomic mass is 127. The van der Waals surface area contributed by atoms with Gasteiger partial charge in [-0.25, -0.2) is 0 Å². The molecule has 1 heterocycles. The molecule has 0 unspecified atom stereocenters. The van der Waals surface area contributed by atoms with Gasteiger partial charge in [0.05, 0.1) is 13.7 Å². The Bertz CT molecular complexity index is 775. The van der Waals surface area contributed by atoms with E-state index in [1.807, 2.05) is 19.2 Å². The Morgan fingerprint density at radius 3 is 2.31 bits per heavy atom. The molecule has 2 aromatic carbocycles. The number of benzene rings is 2. The minimum atomic E-state index is 0. The largest absolute Gasteiger partial charge is 0.497 e. The first-order valence-electron chi connectivity index (χ1n) is 9.65. The standard InChI is InChI=1S/C22H30N4O2.HI/c1-23-22(24-16-18-5-4-6-19(15-18)17-27-2)26-13-11-25(12-14-26)20-7-9-21(28-3)10-8-20;/h4-10,15H,11-14,16-17H2,1-3H3,(H,23,24);1H. The maximum atomic E-state index is 5.25. The van der Waals surface area contributed by atoms with Crippen LogP contribution in [-0.2, 0) is 17.9 Å². The van der Waals surface area contributed by atoms with E-state index in [0.717, 1.165) is 44.4 Å². The normalized spacial score (nSPS) is 14.4. The highest BCUT2D eigenvalue weighted by molar-refractivity contribution is 14.0. The van der Waals surface area contributed by atoms with E-state index < -0.39 is 0 Å². The fraction of sp³-hybridized carbons (Fsp3) is 0.409. The molecular formula is C22H31IN4O2. The molecule has 6 nitrogen and oxygen atoms in total. The van der Waals surface area contributed by atoms with Crippen molar-refractivity contribution in [3.8, 4) is 5.75 Å². The lowest BCUT2D eigenvalue weighted by Crippen LogP contribution is -2.52. The Balaban J connectivity index is 0.00000300. The molecule has 7 heteroatoms. The Morgan fingerprint density at radius 1 is 1.00 bits per heavy atom. The van der Waals surface area contributed by atoms with Crippen LogP contribution in [0.25, 0.3) is 0 Å². The van der Waals surface area contributed by atoms with E-state index in [9.17, 15) is 0 Å². The van der Waals surface area contributed by atoms with Gasteiger partial charge in [0, 0.05) is 52.6 Å². The van der Waals surface area contributed by atoms with Crippen LogP contribution in [0.3, 0.4) is 0 Å². The quantitative estimate of drug-likeness (QED) is 0.367. The molecular weight excluding hydrogens is 479 g/mol. The van der Waals surface area contributed by atoms with E-state index in [1.165, 1.54) is 16.8 Å². The number of hydrogen-bond acceptors (Lipinski definition) is 4. The number of nitrogens with one attached hydrogen (secondary N) is 1. The molecule has 1 N–H and O–H groups in total. The van der Waals surface area contributed by atoms with E-state index in [-0.39, 0.29) is 24.0 Å². The average Bonchev–Trinajstić information content (AvgIpc) is 2.75. The number of piperazine rings is 1. The van der Waals surface area contributed by atoms with Gasteiger partial charge >= 0.3 is 0 Å². The van der Waals surface area contributed by atoms with Gasteiger partial charge in [0.2, 0.25) is 0 Å². The number of guanidine groups is 1. The molecule has 29 heavy (non-hydrogen) atoms. The number of rotatable bonds is 6. The molecule has 1 aliphatic rings. The summed E-state index contributed by atoms with van der Waals surface area (Å²) in [5.41, 5.74) is 3.65. The molecule has 1 fully saturated rings. The van der Waals surface area contributed by atoms with Gasteiger partial charge in [-0.15, -0.1) is 24.0 Å². The molecule has 0 aromatic heterocycles. The van der Waals surface area contributed by atoms with Gasteiger partial charge in [-0.05, 0) is 35.4 Å². The Kier molecular flexibility index (Phi) is 9.53. The van der Waals surface area contributed by atoms with E-state index in [1.54, 1.807) is 14.2 Å². The van der Waals surface area contributed by atoms with Gasteiger partial charge in [-0.2, -0.15) is 0 Å². The summed E-state index contributed by atoms with van der Waals surface area (Å²) >= 11 is 0. The lowest BCUT2D eigenvalue weighted by atomic mass is 10.1. The first kappa shape index (κ1) is 23.3. The summed E-state index contributed by atoms with van der Waals surface area (Å²) in [4.78, 5) is 9.20. The van der Waals surface area contributed by atoms with Crippen LogP contribution in [0.15, 0.2) is 53.5 Å². The van der Waals surface area contributed by atoms with Crippen LogP contribution in [0, 0.1) is 0 Å². The maximum absolute atomic E-state index is 5.25. The summed E-state index contributed by atoms with van der Waals surface area (Å²) < 4.78 is 10.5. The minimum Gasteiger partial charge on any atom is -0.497 e. The molecule has 158 valence electrons. The molecule has 0 radical (unpaired) electrons. The number of methoxy groups -OCH3 is 2. The summed E-state index contributed by atoms with van der Waals surface area (Å²) in [5, 5.41) is 3.49. The summed E-state index contributed by atoms with van der Waals surface area (Å²) in [6.45, 7) is 5.20. The third-order valence-corrected chi connectivity index (χ3v) is 4.98. The van der Waals surface area contributed by atoms with Crippen LogP contribution in [0.5, 0.6) is 5.75 Å². The Morgan fingerprint density at radius 2 is 1.69 bits per heavy atom. The number of hydrogen-bond donors (Lipinski definition) is 1. The second-order valence-electron chi connectivity index (χ2n) is 6.83. The predicted octanol–water partition coefficient (Wildman–Crippen LogP) is 3.36. The van der Waals surface area contributed by atoms with Crippen LogP contribution in [0.2, 0.25) is 0 Å². The molecule has 0 saturated carbocycles. The summed E-state index contributed by atoms with van der Waals surface area (Å²) in [5.74, 6) is 1.84. The fourth-order valence-corrected chi connectivity index (χ4v) is 3.48. The van der Waals surface area contributed by atoms with Gasteiger partial charge in [0.25, 0.3) is 0 Å². The van der Waals surface area contributed by atoms with Crippen molar-refractivity contribution in [3.63, 3.8) is 0 Å². The zero-order valence-electron chi connectivity index (χ0n) is 17.4. The van der Waals surface area contributed by atoms with Crippen molar-refractivity contribution in [2.75, 3.05) is 52.3 Å². The topological polar surface area (TPSA) is 49.3 Å². The minimum absolute atomic E-state index is 0. The van der Waals surface area contributed by atoms with E-state index >= 15 is 0 Å². The molecule has 0 spiro atoms. The summed E-state index contributed by atoms with van der Waals surface area (Å²) in [7, 11) is 5.26. The number of halogens is 1. The molecule has 3 rings (SSSR count). The van der Waals surface area contributed by atoms with Crippen LogP contribution >= 0.6 is 24.0 Å². The van der Waals surface area contributed by atoms with E-state index in [2.05, 4.69) is 56.5 Å². The smallest absolute Gasteiger partial charge is 0.194 e. The maximum Gasteiger partial charge on any atom is 0.194 e.